The van der Waals surface area contributed by atoms with Crippen molar-refractivity contribution >= 4 is 29.3 Å². The molecule has 3 atom stereocenters. The smallest absolute Gasteiger partial charge is 0.321 e. The maximum atomic E-state index is 13.7. The normalized spacial score (nSPS) is 20.2. The third kappa shape index (κ3) is 7.29. The van der Waals surface area contributed by atoms with Gasteiger partial charge in [0.25, 0.3) is 5.91 Å². The molecule has 0 bridgehead atoms. The van der Waals surface area contributed by atoms with E-state index in [4.69, 9.17) is 9.26 Å². The van der Waals surface area contributed by atoms with Crippen molar-refractivity contribution in [3.8, 4) is 5.75 Å². The minimum atomic E-state index is -0.468. The molecule has 1 aromatic heterocycles. The molecule has 0 radical (unpaired) electrons. The summed E-state index contributed by atoms with van der Waals surface area (Å²) >= 11 is 0. The molecule has 2 aromatic rings. The lowest BCUT2D eigenvalue weighted by Crippen LogP contribution is -2.50. The number of nitrogens with one attached hydrogen (secondary N) is 3. The van der Waals surface area contributed by atoms with Crippen LogP contribution in [0.1, 0.15) is 67.8 Å². The molecule has 0 unspecified atom stereocenters. The lowest BCUT2D eigenvalue weighted by atomic mass is 9.96. The Hall–Kier alpha value is -3.80. The van der Waals surface area contributed by atoms with Crippen molar-refractivity contribution in [2.24, 2.45) is 5.92 Å². The molecule has 2 heterocycles. The molecule has 1 aliphatic carbocycles. The zero-order valence-corrected chi connectivity index (χ0v) is 24.5. The molecule has 224 valence electrons. The number of aliphatic hydroxyl groups excluding tert-OH is 1. The molecule has 4 N–H and O–H groups in total. The molecular weight excluding hydrogens is 528 g/mol. The molecule has 1 aromatic carbocycles. The average Bonchev–Trinajstić information content (AvgIpc) is 3.27. The van der Waals surface area contributed by atoms with Gasteiger partial charge in [-0.3, -0.25) is 4.79 Å². The summed E-state index contributed by atoms with van der Waals surface area (Å²) in [6, 6.07) is 4.02. The number of aliphatic hydroxyl groups is 1. The Bertz CT molecular complexity index is 1220. The zero-order chi connectivity index (χ0) is 29.7. The molecular formula is C29H42N6O6. The zero-order valence-electron chi connectivity index (χ0n) is 24.5. The molecule has 0 spiro atoms. The highest BCUT2D eigenvalue weighted by Crippen LogP contribution is 2.31. The van der Waals surface area contributed by atoms with E-state index >= 15 is 0 Å². The Balaban J connectivity index is 1.53. The maximum Gasteiger partial charge on any atom is 0.321 e. The van der Waals surface area contributed by atoms with Crippen molar-refractivity contribution in [2.45, 2.75) is 78.0 Å². The summed E-state index contributed by atoms with van der Waals surface area (Å²) in [5.41, 5.74) is 1.85. The number of hydrogen-bond donors (Lipinski definition) is 4. The van der Waals surface area contributed by atoms with Crippen molar-refractivity contribution in [3.05, 3.63) is 35.2 Å². The third-order valence-electron chi connectivity index (χ3n) is 7.93. The molecule has 1 fully saturated rings. The molecule has 1 saturated carbocycles. The Kier molecular flexibility index (Phi) is 9.74. The van der Waals surface area contributed by atoms with Crippen LogP contribution in [0, 0.1) is 19.8 Å². The van der Waals surface area contributed by atoms with Crippen LogP contribution in [0.5, 0.6) is 5.75 Å². The lowest BCUT2D eigenvalue weighted by Gasteiger charge is -2.38. The number of urea groups is 2. The highest BCUT2D eigenvalue weighted by molar-refractivity contribution is 5.99. The number of aryl methyl sites for hydroxylation is 2. The minimum Gasteiger partial charge on any atom is -0.487 e. The van der Waals surface area contributed by atoms with E-state index in [2.05, 4.69) is 21.1 Å². The number of nitrogens with zero attached hydrogens (tertiary/aromatic N) is 3. The first-order chi connectivity index (χ1) is 19.6. The number of rotatable bonds is 7. The number of carbonyl (C=O) groups excluding carboxylic acids is 3. The van der Waals surface area contributed by atoms with E-state index in [1.165, 1.54) is 11.3 Å². The molecule has 4 rings (SSSR count). The van der Waals surface area contributed by atoms with Gasteiger partial charge >= 0.3 is 12.1 Å². The van der Waals surface area contributed by atoms with Crippen molar-refractivity contribution in [3.63, 3.8) is 0 Å². The number of fused-ring (bicyclic) bond motifs is 1. The van der Waals surface area contributed by atoms with E-state index in [0.29, 0.717) is 35.1 Å². The SMILES string of the molecule is Cc1noc(C)c1NC(=O)N(C)C[C@@H]1Oc2ccc(NC(=O)NC3CCCCC3)cc2C(=O)N([C@H](C)CO)C[C@@H]1C. The number of amides is 5. The molecule has 0 saturated heterocycles. The van der Waals surface area contributed by atoms with Crippen LogP contribution in [0.4, 0.5) is 21.0 Å². The summed E-state index contributed by atoms with van der Waals surface area (Å²) < 4.78 is 11.5. The highest BCUT2D eigenvalue weighted by Gasteiger charge is 2.34. The number of ether oxygens (including phenoxy) is 1. The van der Waals surface area contributed by atoms with E-state index in [-0.39, 0.29) is 48.6 Å². The molecule has 12 nitrogen and oxygen atoms in total. The summed E-state index contributed by atoms with van der Waals surface area (Å²) in [4.78, 5) is 42.5. The first-order valence-corrected chi connectivity index (χ1v) is 14.3. The summed E-state index contributed by atoms with van der Waals surface area (Å²) in [6.07, 6.45) is 4.85. The van der Waals surface area contributed by atoms with Crippen LogP contribution in [-0.2, 0) is 0 Å². The van der Waals surface area contributed by atoms with Crippen molar-refractivity contribution < 1.29 is 28.8 Å². The van der Waals surface area contributed by atoms with Crippen molar-refractivity contribution in [1.29, 1.82) is 0 Å². The van der Waals surface area contributed by atoms with Crippen LogP contribution >= 0.6 is 0 Å². The van der Waals surface area contributed by atoms with E-state index in [9.17, 15) is 19.5 Å². The average molecular weight is 571 g/mol. The second-order valence-electron chi connectivity index (χ2n) is 11.3. The summed E-state index contributed by atoms with van der Waals surface area (Å²) in [7, 11) is 1.67. The summed E-state index contributed by atoms with van der Waals surface area (Å²) in [6.45, 7) is 7.54. The van der Waals surface area contributed by atoms with Gasteiger partial charge < -0.3 is 40.1 Å². The number of hydrogen-bond acceptors (Lipinski definition) is 7. The first kappa shape index (κ1) is 30.2. The van der Waals surface area contributed by atoms with Crippen molar-refractivity contribution in [2.75, 3.05) is 37.4 Å². The molecule has 41 heavy (non-hydrogen) atoms. The van der Waals surface area contributed by atoms with Gasteiger partial charge in [0.15, 0.2) is 5.76 Å². The standard InChI is InChI=1S/C29H42N6O6/c1-17-14-35(18(2)16-36)27(37)23-13-22(31-28(38)30-21-9-7-6-8-10-21)11-12-24(23)40-25(17)15-34(5)29(39)32-26-19(3)33-41-20(26)4/h11-13,17-18,21,25,36H,6-10,14-16H2,1-5H3,(H,32,39)(H2,30,31,38)/t17-,18+,25-/m0/s1. The van der Waals surface area contributed by atoms with E-state index in [1.54, 1.807) is 50.9 Å². The maximum absolute atomic E-state index is 13.7. The fourth-order valence-corrected chi connectivity index (χ4v) is 5.33. The van der Waals surface area contributed by atoms with Crippen molar-refractivity contribution in [1.82, 2.24) is 20.3 Å². The molecule has 1 aliphatic heterocycles. The summed E-state index contributed by atoms with van der Waals surface area (Å²) in [5.74, 6) is 0.388. The van der Waals surface area contributed by atoms with Crippen LogP contribution in [0.3, 0.4) is 0 Å². The molecule has 2 aliphatic rings. The minimum absolute atomic E-state index is 0.146. The van der Waals surface area contributed by atoms with Gasteiger partial charge in [-0.05, 0) is 51.8 Å². The van der Waals surface area contributed by atoms with Crippen LogP contribution in [0.15, 0.2) is 22.7 Å². The van der Waals surface area contributed by atoms with Crippen LogP contribution in [0.25, 0.3) is 0 Å². The molecule has 12 heteroatoms. The Morgan fingerprint density at radius 2 is 1.93 bits per heavy atom. The first-order valence-electron chi connectivity index (χ1n) is 14.3. The number of benzene rings is 1. The largest absolute Gasteiger partial charge is 0.487 e. The third-order valence-corrected chi connectivity index (χ3v) is 7.93. The monoisotopic (exact) mass is 570 g/mol. The van der Waals surface area contributed by atoms with Gasteiger partial charge in [0.2, 0.25) is 0 Å². The second kappa shape index (κ2) is 13.2. The van der Waals surface area contributed by atoms with Gasteiger partial charge in [0.1, 0.15) is 23.2 Å². The Morgan fingerprint density at radius 3 is 2.59 bits per heavy atom. The number of likely N-dealkylation sites (N-methyl/N-ethyl adjacent to an activating group) is 1. The fraction of sp³-hybridized carbons (Fsp3) is 0.586. The van der Waals surface area contributed by atoms with E-state index in [0.717, 1.165) is 25.7 Å². The summed E-state index contributed by atoms with van der Waals surface area (Å²) in [5, 5.41) is 22.5. The quantitative estimate of drug-likeness (QED) is 0.391. The van der Waals surface area contributed by atoms with Gasteiger partial charge in [-0.25, -0.2) is 9.59 Å². The van der Waals surface area contributed by atoms with Gasteiger partial charge in [-0.15, -0.1) is 0 Å². The predicted octanol–water partition coefficient (Wildman–Crippen LogP) is 4.13. The molecule has 5 amide bonds. The van der Waals surface area contributed by atoms with Crippen LogP contribution in [-0.4, -0.2) is 83.0 Å². The van der Waals surface area contributed by atoms with Gasteiger partial charge in [-0.2, -0.15) is 0 Å². The number of anilines is 2. The number of carbonyl (C=O) groups is 3. The van der Waals surface area contributed by atoms with Gasteiger partial charge in [-0.1, -0.05) is 31.3 Å². The van der Waals surface area contributed by atoms with Gasteiger partial charge in [0.05, 0.1) is 24.8 Å². The topological polar surface area (TPSA) is 149 Å². The van der Waals surface area contributed by atoms with E-state index < -0.39 is 12.1 Å². The predicted molar refractivity (Wildman–Crippen MR) is 154 cm³/mol. The van der Waals surface area contributed by atoms with Crippen LogP contribution < -0.4 is 20.7 Å². The van der Waals surface area contributed by atoms with Crippen LogP contribution in [0.2, 0.25) is 0 Å². The fourth-order valence-electron chi connectivity index (χ4n) is 5.33. The Labute approximate surface area is 240 Å². The van der Waals surface area contributed by atoms with E-state index in [1.807, 2.05) is 6.92 Å². The Morgan fingerprint density at radius 1 is 1.20 bits per heavy atom. The lowest BCUT2D eigenvalue weighted by molar-refractivity contribution is 0.0371. The number of aromatic nitrogens is 1. The highest BCUT2D eigenvalue weighted by atomic mass is 16.5. The second-order valence-corrected chi connectivity index (χ2v) is 11.3. The van der Waals surface area contributed by atoms with Gasteiger partial charge in [0, 0.05) is 31.2 Å².